The number of piperidine rings is 1. The van der Waals surface area contributed by atoms with Crippen LogP contribution in [0.4, 0.5) is 15.3 Å². The van der Waals surface area contributed by atoms with Gasteiger partial charge in [-0.1, -0.05) is 110 Å². The van der Waals surface area contributed by atoms with E-state index in [1.165, 1.54) is 21.1 Å². The first kappa shape index (κ1) is 28.3. The van der Waals surface area contributed by atoms with Crippen molar-refractivity contribution in [3.63, 3.8) is 0 Å². The highest BCUT2D eigenvalue weighted by molar-refractivity contribution is 5.76. The van der Waals surface area contributed by atoms with E-state index in [1.807, 2.05) is 60.7 Å². The summed E-state index contributed by atoms with van der Waals surface area (Å²) in [5, 5.41) is 2.96. The molecule has 0 saturated carbocycles. The van der Waals surface area contributed by atoms with Gasteiger partial charge in [-0.25, -0.2) is 19.6 Å². The second kappa shape index (κ2) is 13.0. The van der Waals surface area contributed by atoms with E-state index in [9.17, 15) is 9.59 Å². The molecule has 220 valence electrons. The van der Waals surface area contributed by atoms with Crippen LogP contribution in [-0.2, 0) is 29.1 Å². The van der Waals surface area contributed by atoms with Crippen molar-refractivity contribution in [2.24, 2.45) is 0 Å². The van der Waals surface area contributed by atoms with Gasteiger partial charge in [-0.3, -0.25) is 0 Å². The van der Waals surface area contributed by atoms with Crippen LogP contribution in [0, 0.1) is 0 Å². The van der Waals surface area contributed by atoms with Crippen molar-refractivity contribution in [3.05, 3.63) is 126 Å². The summed E-state index contributed by atoms with van der Waals surface area (Å²) in [4.78, 5) is 29.2. The highest BCUT2D eigenvalue weighted by Crippen LogP contribution is 2.35. The normalized spacial score (nSPS) is 17.6. The summed E-state index contributed by atoms with van der Waals surface area (Å²) < 4.78 is 11.4. The van der Waals surface area contributed by atoms with Crippen molar-refractivity contribution in [1.29, 1.82) is 0 Å². The van der Waals surface area contributed by atoms with Gasteiger partial charge in [0.05, 0.1) is 12.1 Å². The zero-order valence-electron chi connectivity index (χ0n) is 24.5. The molecule has 0 aliphatic carbocycles. The number of hydrazine groups is 1. The quantitative estimate of drug-likeness (QED) is 0.218. The molecule has 2 atom stereocenters. The van der Waals surface area contributed by atoms with Crippen LogP contribution in [0.25, 0.3) is 11.1 Å². The number of carbonyl (C=O) groups is 2. The number of ether oxygens (including phenoxy) is 2. The Morgan fingerprint density at radius 3 is 1.56 bits per heavy atom. The third-order valence-corrected chi connectivity index (χ3v) is 8.17. The number of aryl methyl sites for hydroxylation is 1. The molecule has 2 heterocycles. The molecule has 0 N–H and O–H groups in total. The SMILES string of the molecule is CCCc1ccc(-c2ccc(N3CC4CC(C3)N(C(=O)OCc3ccccc3)N4C(=O)OCc3ccccc3)cc2)cc1. The first-order valence-electron chi connectivity index (χ1n) is 15.0. The summed E-state index contributed by atoms with van der Waals surface area (Å²) >= 11 is 0. The van der Waals surface area contributed by atoms with Crippen molar-refractivity contribution in [3.8, 4) is 11.1 Å². The van der Waals surface area contributed by atoms with Crippen LogP contribution < -0.4 is 4.90 Å². The molecule has 2 aliphatic heterocycles. The van der Waals surface area contributed by atoms with Crippen molar-refractivity contribution < 1.29 is 19.1 Å². The van der Waals surface area contributed by atoms with Crippen LogP contribution in [0.15, 0.2) is 109 Å². The molecule has 4 aromatic carbocycles. The Labute approximate surface area is 253 Å². The number of fused-ring (bicyclic) bond motifs is 2. The molecule has 2 amide bonds. The fourth-order valence-electron chi connectivity index (χ4n) is 6.03. The number of hydrogen-bond donors (Lipinski definition) is 0. The molecular weight excluding hydrogens is 538 g/mol. The van der Waals surface area contributed by atoms with Gasteiger partial charge >= 0.3 is 12.2 Å². The van der Waals surface area contributed by atoms with Gasteiger partial charge in [0.15, 0.2) is 0 Å². The summed E-state index contributed by atoms with van der Waals surface area (Å²) in [5.74, 6) is 0. The van der Waals surface area contributed by atoms with Gasteiger partial charge in [-0.05, 0) is 52.8 Å². The van der Waals surface area contributed by atoms with Crippen molar-refractivity contribution in [2.75, 3.05) is 18.0 Å². The van der Waals surface area contributed by atoms with Crippen molar-refractivity contribution in [1.82, 2.24) is 10.0 Å². The maximum absolute atomic E-state index is 13.5. The molecule has 2 unspecified atom stereocenters. The van der Waals surface area contributed by atoms with Crippen LogP contribution >= 0.6 is 0 Å². The van der Waals surface area contributed by atoms with E-state index in [4.69, 9.17) is 9.47 Å². The molecule has 4 aromatic rings. The van der Waals surface area contributed by atoms with Gasteiger partial charge in [0, 0.05) is 18.8 Å². The number of anilines is 1. The average molecular weight is 576 g/mol. The molecule has 2 saturated heterocycles. The Kier molecular flexibility index (Phi) is 8.59. The summed E-state index contributed by atoms with van der Waals surface area (Å²) in [6.07, 6.45) is 1.80. The third kappa shape index (κ3) is 6.51. The number of hydrogen-bond acceptors (Lipinski definition) is 5. The van der Waals surface area contributed by atoms with Gasteiger partial charge in [-0.2, -0.15) is 0 Å². The number of carbonyl (C=O) groups excluding carboxylic acids is 2. The monoisotopic (exact) mass is 575 g/mol. The van der Waals surface area contributed by atoms with E-state index >= 15 is 0 Å². The molecule has 0 spiro atoms. The van der Waals surface area contributed by atoms with Gasteiger partial charge < -0.3 is 14.4 Å². The lowest BCUT2D eigenvalue weighted by Crippen LogP contribution is -2.50. The van der Waals surface area contributed by atoms with E-state index < -0.39 is 12.2 Å². The minimum atomic E-state index is -0.545. The van der Waals surface area contributed by atoms with E-state index in [-0.39, 0.29) is 25.3 Å². The third-order valence-electron chi connectivity index (χ3n) is 8.17. The number of nitrogens with zero attached hydrogens (tertiary/aromatic N) is 3. The Morgan fingerprint density at radius 2 is 1.09 bits per heavy atom. The van der Waals surface area contributed by atoms with Crippen LogP contribution in [-0.4, -0.2) is 47.4 Å². The van der Waals surface area contributed by atoms with Crippen LogP contribution in [0.3, 0.4) is 0 Å². The summed E-state index contributed by atoms with van der Waals surface area (Å²) in [6, 6.07) is 35.9. The van der Waals surface area contributed by atoms with E-state index in [0.717, 1.165) is 35.2 Å². The highest BCUT2D eigenvalue weighted by atomic mass is 16.6. The van der Waals surface area contributed by atoms with Gasteiger partial charge in [-0.15, -0.1) is 0 Å². The maximum Gasteiger partial charge on any atom is 0.429 e. The first-order valence-corrected chi connectivity index (χ1v) is 15.0. The average Bonchev–Trinajstić information content (AvgIpc) is 3.33. The van der Waals surface area contributed by atoms with Crippen LogP contribution in [0.2, 0.25) is 0 Å². The smallest absolute Gasteiger partial charge is 0.429 e. The molecule has 0 aromatic heterocycles. The lowest BCUT2D eigenvalue weighted by atomic mass is 10.0. The molecular formula is C36H37N3O4. The molecule has 2 aliphatic rings. The van der Waals surface area contributed by atoms with E-state index in [2.05, 4.69) is 60.4 Å². The second-order valence-electron chi connectivity index (χ2n) is 11.2. The van der Waals surface area contributed by atoms with Gasteiger partial charge in [0.2, 0.25) is 0 Å². The number of amides is 2. The highest BCUT2D eigenvalue weighted by Gasteiger charge is 2.50. The zero-order valence-corrected chi connectivity index (χ0v) is 24.5. The van der Waals surface area contributed by atoms with E-state index in [0.29, 0.717) is 19.5 Å². The number of benzene rings is 4. The maximum atomic E-state index is 13.5. The number of rotatable bonds is 8. The summed E-state index contributed by atoms with van der Waals surface area (Å²) in [6.45, 7) is 3.63. The van der Waals surface area contributed by atoms with Gasteiger partial charge in [0.1, 0.15) is 13.2 Å². The summed E-state index contributed by atoms with van der Waals surface area (Å²) in [7, 11) is 0. The van der Waals surface area contributed by atoms with Crippen molar-refractivity contribution >= 4 is 17.9 Å². The Morgan fingerprint density at radius 1 is 0.628 bits per heavy atom. The summed E-state index contributed by atoms with van der Waals surface area (Å²) in [5.41, 5.74) is 6.52. The zero-order chi connectivity index (χ0) is 29.6. The Hall–Kier alpha value is -4.78. The predicted molar refractivity (Wildman–Crippen MR) is 167 cm³/mol. The lowest BCUT2D eigenvalue weighted by Gasteiger charge is -2.32. The minimum absolute atomic E-state index is 0.130. The second-order valence-corrected chi connectivity index (χ2v) is 11.2. The largest absolute Gasteiger partial charge is 0.443 e. The molecule has 2 bridgehead atoms. The molecule has 7 nitrogen and oxygen atoms in total. The molecule has 43 heavy (non-hydrogen) atoms. The topological polar surface area (TPSA) is 62.3 Å². The van der Waals surface area contributed by atoms with Crippen molar-refractivity contribution in [2.45, 2.75) is 51.5 Å². The molecule has 2 fully saturated rings. The molecule has 0 radical (unpaired) electrons. The predicted octanol–water partition coefficient (Wildman–Crippen LogP) is 7.46. The fourth-order valence-corrected chi connectivity index (χ4v) is 6.03. The molecule has 6 rings (SSSR count). The standard InChI is InChI=1S/C36H37N3O4/c1-2-9-27-14-16-30(17-15-27)31-18-20-32(21-19-31)37-23-33-22-34(24-37)39(36(41)43-26-29-12-7-4-8-13-29)38(33)35(40)42-25-28-10-5-3-6-11-28/h3-8,10-21,33-34H,2,9,22-26H2,1H3. The lowest BCUT2D eigenvalue weighted by molar-refractivity contribution is -0.0199. The van der Waals surface area contributed by atoms with E-state index in [1.54, 1.807) is 0 Å². The van der Waals surface area contributed by atoms with Crippen LogP contribution in [0.5, 0.6) is 0 Å². The Balaban J connectivity index is 1.19. The van der Waals surface area contributed by atoms with Crippen LogP contribution in [0.1, 0.15) is 36.5 Å². The fraction of sp³-hybridized carbons (Fsp3) is 0.278. The first-order chi connectivity index (χ1) is 21.1. The minimum Gasteiger partial charge on any atom is -0.443 e. The van der Waals surface area contributed by atoms with Gasteiger partial charge in [0.25, 0.3) is 0 Å². The Bertz CT molecular complexity index is 1440. The molecule has 7 heteroatoms.